The number of thioether (sulfide) groups is 1. The van der Waals surface area contributed by atoms with E-state index in [9.17, 15) is 18.0 Å². The van der Waals surface area contributed by atoms with Crippen molar-refractivity contribution in [3.8, 4) is 0 Å². The summed E-state index contributed by atoms with van der Waals surface area (Å²) in [4.78, 5) is 26.8. The molecule has 2 aromatic rings. The van der Waals surface area contributed by atoms with Crippen LogP contribution in [0.4, 0.5) is 11.4 Å². The fourth-order valence-corrected chi connectivity index (χ4v) is 5.82. The van der Waals surface area contributed by atoms with Crippen LogP contribution < -0.4 is 10.2 Å². The van der Waals surface area contributed by atoms with Crippen LogP contribution in [0.25, 0.3) is 0 Å². The monoisotopic (exact) mass is 416 g/mol. The van der Waals surface area contributed by atoms with Crippen molar-refractivity contribution in [1.82, 2.24) is 0 Å². The van der Waals surface area contributed by atoms with Crippen LogP contribution in [0.2, 0.25) is 0 Å². The minimum Gasteiger partial charge on any atom is -0.324 e. The molecular formula is C20H20N2O4S2. The van der Waals surface area contributed by atoms with Gasteiger partial charge in [-0.05, 0) is 43.2 Å². The number of nitrogens with zero attached hydrogens (tertiary/aromatic N) is 1. The Morgan fingerprint density at radius 3 is 2.86 bits per heavy atom. The minimum atomic E-state index is -3.60. The predicted octanol–water partition coefficient (Wildman–Crippen LogP) is 2.87. The quantitative estimate of drug-likeness (QED) is 0.829. The van der Waals surface area contributed by atoms with Crippen LogP contribution in [0.5, 0.6) is 0 Å². The maximum Gasteiger partial charge on any atom is 0.234 e. The number of amides is 2. The molecule has 0 radical (unpaired) electrons. The largest absolute Gasteiger partial charge is 0.324 e. The summed E-state index contributed by atoms with van der Waals surface area (Å²) in [6.45, 7) is 1.97. The van der Waals surface area contributed by atoms with Gasteiger partial charge in [0, 0.05) is 23.0 Å². The van der Waals surface area contributed by atoms with Gasteiger partial charge in [0.05, 0.1) is 22.1 Å². The SMILES string of the molecule is CC1Cc2ccccc2N1C(=O)CCS(=O)(=O)c1ccc2c(c1)SCC(=O)N2. The molecule has 0 aromatic heterocycles. The van der Waals surface area contributed by atoms with E-state index in [1.807, 2.05) is 31.2 Å². The lowest BCUT2D eigenvalue weighted by molar-refractivity contribution is -0.118. The summed E-state index contributed by atoms with van der Waals surface area (Å²) in [5.74, 6) is -0.256. The second-order valence-electron chi connectivity index (χ2n) is 7.01. The van der Waals surface area contributed by atoms with E-state index < -0.39 is 9.84 Å². The molecule has 6 nitrogen and oxygen atoms in total. The van der Waals surface area contributed by atoms with Crippen molar-refractivity contribution in [2.24, 2.45) is 0 Å². The first-order valence-corrected chi connectivity index (χ1v) is 11.7. The number of hydrogen-bond donors (Lipinski definition) is 1. The first kappa shape index (κ1) is 19.0. The normalized spacial score (nSPS) is 18.4. The zero-order valence-corrected chi connectivity index (χ0v) is 17.0. The van der Waals surface area contributed by atoms with Gasteiger partial charge in [-0.2, -0.15) is 0 Å². The summed E-state index contributed by atoms with van der Waals surface area (Å²) < 4.78 is 25.5. The Morgan fingerprint density at radius 2 is 2.04 bits per heavy atom. The summed E-state index contributed by atoms with van der Waals surface area (Å²) >= 11 is 1.31. The van der Waals surface area contributed by atoms with Gasteiger partial charge in [0.1, 0.15) is 0 Å². The molecule has 4 rings (SSSR count). The van der Waals surface area contributed by atoms with Gasteiger partial charge in [0.15, 0.2) is 9.84 Å². The number of hydrogen-bond acceptors (Lipinski definition) is 5. The van der Waals surface area contributed by atoms with Crippen LogP contribution in [0.1, 0.15) is 18.9 Å². The molecule has 0 fully saturated rings. The molecule has 0 spiro atoms. The van der Waals surface area contributed by atoms with E-state index in [0.717, 1.165) is 22.6 Å². The summed E-state index contributed by atoms with van der Waals surface area (Å²) in [5, 5.41) is 2.72. The molecule has 1 unspecified atom stereocenters. The van der Waals surface area contributed by atoms with Crippen molar-refractivity contribution in [2.75, 3.05) is 21.7 Å². The summed E-state index contributed by atoms with van der Waals surface area (Å²) in [7, 11) is -3.60. The second-order valence-corrected chi connectivity index (χ2v) is 10.1. The topological polar surface area (TPSA) is 83.6 Å². The Labute approximate surface area is 168 Å². The smallest absolute Gasteiger partial charge is 0.234 e. The highest BCUT2D eigenvalue weighted by Crippen LogP contribution is 2.34. The lowest BCUT2D eigenvalue weighted by Crippen LogP contribution is -2.36. The molecule has 146 valence electrons. The number of carbonyl (C=O) groups excluding carboxylic acids is 2. The van der Waals surface area contributed by atoms with Crippen LogP contribution in [-0.2, 0) is 25.8 Å². The van der Waals surface area contributed by atoms with Gasteiger partial charge in [-0.1, -0.05) is 18.2 Å². The highest BCUT2D eigenvalue weighted by atomic mass is 32.2. The van der Waals surface area contributed by atoms with Crippen LogP contribution in [0, 0.1) is 0 Å². The number of anilines is 2. The zero-order valence-electron chi connectivity index (χ0n) is 15.3. The average Bonchev–Trinajstić information content (AvgIpc) is 3.01. The summed E-state index contributed by atoms with van der Waals surface area (Å²) in [6.07, 6.45) is 0.713. The molecule has 2 amide bonds. The second kappa shape index (κ2) is 7.25. The molecule has 8 heteroatoms. The summed E-state index contributed by atoms with van der Waals surface area (Å²) in [6, 6.07) is 12.4. The third-order valence-electron chi connectivity index (χ3n) is 5.01. The van der Waals surface area contributed by atoms with Gasteiger partial charge in [0.25, 0.3) is 0 Å². The highest BCUT2D eigenvalue weighted by molar-refractivity contribution is 8.00. The fraction of sp³-hybridized carbons (Fsp3) is 0.300. The van der Waals surface area contributed by atoms with Crippen molar-refractivity contribution in [3.63, 3.8) is 0 Å². The van der Waals surface area contributed by atoms with Crippen molar-refractivity contribution >= 4 is 44.8 Å². The number of nitrogens with one attached hydrogen (secondary N) is 1. The van der Waals surface area contributed by atoms with Crippen LogP contribution >= 0.6 is 11.8 Å². The third-order valence-corrected chi connectivity index (χ3v) is 7.77. The van der Waals surface area contributed by atoms with Crippen LogP contribution in [0.15, 0.2) is 52.3 Å². The zero-order chi connectivity index (χ0) is 19.9. The van der Waals surface area contributed by atoms with E-state index in [2.05, 4.69) is 5.32 Å². The number of benzene rings is 2. The Morgan fingerprint density at radius 1 is 1.25 bits per heavy atom. The highest BCUT2D eigenvalue weighted by Gasteiger charge is 2.31. The Bertz CT molecular complexity index is 1070. The minimum absolute atomic E-state index is 0.0244. The van der Waals surface area contributed by atoms with Gasteiger partial charge >= 0.3 is 0 Å². The van der Waals surface area contributed by atoms with Gasteiger partial charge < -0.3 is 10.2 Å². The Kier molecular flexibility index (Phi) is 4.93. The van der Waals surface area contributed by atoms with E-state index in [0.29, 0.717) is 5.69 Å². The molecular weight excluding hydrogens is 396 g/mol. The van der Waals surface area contributed by atoms with Crippen molar-refractivity contribution in [3.05, 3.63) is 48.0 Å². The predicted molar refractivity (Wildman–Crippen MR) is 110 cm³/mol. The fourth-order valence-electron chi connectivity index (χ4n) is 3.65. The molecule has 2 aliphatic rings. The maximum atomic E-state index is 12.8. The standard InChI is InChI=1S/C20H20N2O4S2/c1-13-10-14-4-2-3-5-17(14)22(13)20(24)8-9-28(25,26)15-6-7-16-18(11-15)27-12-19(23)21-16/h2-7,11,13H,8-10,12H2,1H3,(H,21,23). The molecule has 28 heavy (non-hydrogen) atoms. The number of rotatable bonds is 4. The molecule has 2 aliphatic heterocycles. The molecule has 0 saturated heterocycles. The number of para-hydroxylation sites is 1. The van der Waals surface area contributed by atoms with E-state index in [-0.39, 0.29) is 40.7 Å². The molecule has 0 aliphatic carbocycles. The molecule has 1 atom stereocenters. The van der Waals surface area contributed by atoms with Crippen LogP contribution in [-0.4, -0.2) is 37.8 Å². The first-order chi connectivity index (χ1) is 13.3. The number of carbonyl (C=O) groups is 2. The molecule has 1 N–H and O–H groups in total. The van der Waals surface area contributed by atoms with E-state index in [1.54, 1.807) is 17.0 Å². The van der Waals surface area contributed by atoms with E-state index in [1.165, 1.54) is 17.8 Å². The molecule has 2 aromatic carbocycles. The van der Waals surface area contributed by atoms with Gasteiger partial charge in [-0.15, -0.1) is 11.8 Å². The van der Waals surface area contributed by atoms with Gasteiger partial charge in [-0.3, -0.25) is 9.59 Å². The van der Waals surface area contributed by atoms with Crippen molar-refractivity contribution in [1.29, 1.82) is 0 Å². The average molecular weight is 417 g/mol. The Balaban J connectivity index is 1.49. The lowest BCUT2D eigenvalue weighted by atomic mass is 10.1. The number of sulfone groups is 1. The molecule has 2 heterocycles. The molecule has 0 saturated carbocycles. The third kappa shape index (κ3) is 3.54. The van der Waals surface area contributed by atoms with Crippen LogP contribution in [0.3, 0.4) is 0 Å². The molecule has 0 bridgehead atoms. The van der Waals surface area contributed by atoms with E-state index >= 15 is 0 Å². The van der Waals surface area contributed by atoms with Gasteiger partial charge in [-0.25, -0.2) is 8.42 Å². The van der Waals surface area contributed by atoms with E-state index in [4.69, 9.17) is 0 Å². The number of fused-ring (bicyclic) bond motifs is 2. The first-order valence-electron chi connectivity index (χ1n) is 9.04. The van der Waals surface area contributed by atoms with Crippen molar-refractivity contribution < 1.29 is 18.0 Å². The summed E-state index contributed by atoms with van der Waals surface area (Å²) in [5.41, 5.74) is 2.61. The Hall–Kier alpha value is -2.32. The van der Waals surface area contributed by atoms with Gasteiger partial charge in [0.2, 0.25) is 11.8 Å². The van der Waals surface area contributed by atoms with Crippen molar-refractivity contribution in [2.45, 2.75) is 35.6 Å². The maximum absolute atomic E-state index is 12.8. The lowest BCUT2D eigenvalue weighted by Gasteiger charge is -2.23.